The summed E-state index contributed by atoms with van der Waals surface area (Å²) < 4.78 is -0.0509. The third-order valence-corrected chi connectivity index (χ3v) is 0.289. The fraction of sp³-hybridized carbons (Fsp3) is 0. The van der Waals surface area contributed by atoms with E-state index in [4.69, 9.17) is 0 Å². The molecule has 0 amide bonds. The fourth-order valence-corrected chi connectivity index (χ4v) is 0. The van der Waals surface area contributed by atoms with Gasteiger partial charge in [0.05, 0.1) is 0 Å². The molecule has 0 unspecified atom stereocenters. The number of hydrogen-bond donors (Lipinski definition) is 1. The molecule has 0 aromatic heterocycles. The van der Waals surface area contributed by atoms with Crippen molar-refractivity contribution in [2.24, 2.45) is 5.90 Å². The summed E-state index contributed by atoms with van der Waals surface area (Å²) >= 11 is 8.33. The second-order valence-corrected chi connectivity index (χ2v) is 1.37. The largest absolute Gasteiger partial charge is 0.388 e. The van der Waals surface area contributed by atoms with Crippen LogP contribution in [0.2, 0.25) is 0 Å². The van der Waals surface area contributed by atoms with Crippen LogP contribution < -0.4 is 5.90 Å². The first-order valence-electron chi connectivity index (χ1n) is 0.848. The summed E-state index contributed by atoms with van der Waals surface area (Å²) in [6, 6.07) is 0. The highest BCUT2D eigenvalue weighted by molar-refractivity contribution is 8.10. The molecule has 5 heavy (non-hydrogen) atoms. The molecular formula is CH2NOS2. The molecule has 0 bridgehead atoms. The monoisotopic (exact) mass is 108 g/mol. The number of hydrogen-bond acceptors (Lipinski definition) is 3. The van der Waals surface area contributed by atoms with Gasteiger partial charge >= 0.3 is 0 Å². The lowest BCUT2D eigenvalue weighted by Crippen LogP contribution is -1.98. The minimum atomic E-state index is -0.0509. The molecule has 0 rings (SSSR count). The molecule has 2 nitrogen and oxygen atoms in total. The second-order valence-electron chi connectivity index (χ2n) is 0.368. The van der Waals surface area contributed by atoms with Crippen molar-refractivity contribution < 1.29 is 4.84 Å². The average Bonchev–Trinajstić information content (AvgIpc) is 1.38. The Bertz CT molecular complexity index is 44.9. The number of rotatable bonds is 0. The Labute approximate surface area is 40.7 Å². The zero-order chi connectivity index (χ0) is 4.28. The third kappa shape index (κ3) is 4.07. The molecule has 0 atom stereocenters. The van der Waals surface area contributed by atoms with Crippen LogP contribution in [0.3, 0.4) is 0 Å². The Balaban J connectivity index is 2.85. The molecule has 0 aromatic rings. The van der Waals surface area contributed by atoms with Crippen LogP contribution in [0.25, 0.3) is 0 Å². The molecule has 2 N–H and O–H groups in total. The minimum absolute atomic E-state index is 0.0509. The summed E-state index contributed by atoms with van der Waals surface area (Å²) in [5, 5.41) is 0. The van der Waals surface area contributed by atoms with E-state index in [1.54, 1.807) is 0 Å². The predicted molar refractivity (Wildman–Crippen MR) is 25.5 cm³/mol. The van der Waals surface area contributed by atoms with E-state index in [-0.39, 0.29) is 4.38 Å². The maximum absolute atomic E-state index is 4.43. The summed E-state index contributed by atoms with van der Waals surface area (Å²) in [5.74, 6) is 4.43. The topological polar surface area (TPSA) is 35.2 Å². The predicted octanol–water partition coefficient (Wildman–Crippen LogP) is 0.359. The molecule has 0 spiro atoms. The van der Waals surface area contributed by atoms with Gasteiger partial charge in [-0.3, -0.25) is 0 Å². The van der Waals surface area contributed by atoms with Gasteiger partial charge in [-0.2, -0.15) is 5.90 Å². The van der Waals surface area contributed by atoms with E-state index >= 15 is 0 Å². The van der Waals surface area contributed by atoms with Crippen LogP contribution in [-0.2, 0) is 4.84 Å². The van der Waals surface area contributed by atoms with Gasteiger partial charge in [-0.1, -0.05) is 0 Å². The van der Waals surface area contributed by atoms with Crippen LogP contribution in [-0.4, -0.2) is 4.38 Å². The van der Waals surface area contributed by atoms with E-state index in [1.807, 2.05) is 0 Å². The number of thiocarbonyl (C=S) groups is 1. The Kier molecular flexibility index (Phi) is 2.35. The molecule has 0 aliphatic heterocycles. The van der Waals surface area contributed by atoms with Gasteiger partial charge in [0, 0.05) is 0 Å². The van der Waals surface area contributed by atoms with Crippen molar-refractivity contribution in [3.05, 3.63) is 0 Å². The number of nitrogens with two attached hydrogens (primary N) is 1. The Morgan fingerprint density at radius 3 is 2.00 bits per heavy atom. The van der Waals surface area contributed by atoms with E-state index in [0.29, 0.717) is 0 Å². The highest BCUT2D eigenvalue weighted by Crippen LogP contribution is 1.76. The van der Waals surface area contributed by atoms with Crippen molar-refractivity contribution in [2.45, 2.75) is 0 Å². The molecule has 0 aliphatic rings. The van der Waals surface area contributed by atoms with Crippen molar-refractivity contribution >= 4 is 29.2 Å². The van der Waals surface area contributed by atoms with Gasteiger partial charge in [-0.05, 0) is 24.8 Å². The van der Waals surface area contributed by atoms with Gasteiger partial charge in [0.25, 0.3) is 4.38 Å². The van der Waals surface area contributed by atoms with E-state index in [0.717, 1.165) is 0 Å². The quantitative estimate of drug-likeness (QED) is 0.359. The van der Waals surface area contributed by atoms with Crippen LogP contribution in [0.15, 0.2) is 0 Å². The average molecular weight is 108 g/mol. The van der Waals surface area contributed by atoms with Gasteiger partial charge in [-0.15, -0.1) is 0 Å². The fourth-order valence-electron chi connectivity index (χ4n) is 0. The van der Waals surface area contributed by atoms with E-state index < -0.39 is 0 Å². The zero-order valence-corrected chi connectivity index (χ0v) is 3.94. The molecule has 29 valence electrons. The summed E-state index contributed by atoms with van der Waals surface area (Å²) in [6.45, 7) is 0. The van der Waals surface area contributed by atoms with Crippen molar-refractivity contribution in [1.82, 2.24) is 0 Å². The van der Waals surface area contributed by atoms with Gasteiger partial charge in [-0.25, -0.2) is 0 Å². The SMILES string of the molecule is NOC([S])=S. The van der Waals surface area contributed by atoms with Crippen LogP contribution in [0.5, 0.6) is 0 Å². The second kappa shape index (κ2) is 2.32. The van der Waals surface area contributed by atoms with Crippen LogP contribution >= 0.6 is 24.8 Å². The van der Waals surface area contributed by atoms with Gasteiger partial charge in [0.2, 0.25) is 0 Å². The molecule has 0 saturated carbocycles. The van der Waals surface area contributed by atoms with Gasteiger partial charge in [0.1, 0.15) is 0 Å². The molecule has 0 heterocycles. The van der Waals surface area contributed by atoms with Gasteiger partial charge < -0.3 is 4.84 Å². The normalized spacial score (nSPS) is 6.60. The van der Waals surface area contributed by atoms with Gasteiger partial charge in [0.15, 0.2) is 0 Å². The molecule has 0 saturated heterocycles. The lowest BCUT2D eigenvalue weighted by molar-refractivity contribution is 0.341. The molecule has 1 radical (unpaired) electrons. The maximum Gasteiger partial charge on any atom is 0.275 e. The van der Waals surface area contributed by atoms with Crippen LogP contribution in [0.1, 0.15) is 0 Å². The van der Waals surface area contributed by atoms with E-state index in [1.165, 1.54) is 0 Å². The molecule has 0 aliphatic carbocycles. The Morgan fingerprint density at radius 2 is 2.00 bits per heavy atom. The molecule has 0 fully saturated rings. The third-order valence-electron chi connectivity index (χ3n) is 0.0962. The standard InChI is InChI=1S/CH2NOS2/c2-3-1(4)5/h2H2. The lowest BCUT2D eigenvalue weighted by atomic mass is 11.7. The lowest BCUT2D eigenvalue weighted by Gasteiger charge is -1.80. The van der Waals surface area contributed by atoms with Crippen molar-refractivity contribution in [1.29, 1.82) is 0 Å². The highest BCUT2D eigenvalue weighted by atomic mass is 32.1. The molecule has 4 heteroatoms. The summed E-state index contributed by atoms with van der Waals surface area (Å²) in [5.41, 5.74) is 0. The molecular weight excluding hydrogens is 106 g/mol. The van der Waals surface area contributed by atoms with Crippen LogP contribution in [0.4, 0.5) is 0 Å². The first-order chi connectivity index (χ1) is 2.27. The Morgan fingerprint density at radius 1 is 1.80 bits per heavy atom. The smallest absolute Gasteiger partial charge is 0.275 e. The summed E-state index contributed by atoms with van der Waals surface area (Å²) in [4.78, 5) is 3.80. The Hall–Kier alpha value is 0.0700. The summed E-state index contributed by atoms with van der Waals surface area (Å²) in [7, 11) is 0. The van der Waals surface area contributed by atoms with Crippen LogP contribution in [0, 0.1) is 0 Å². The first kappa shape index (κ1) is 5.07. The van der Waals surface area contributed by atoms with Crippen molar-refractivity contribution in [3.8, 4) is 0 Å². The van der Waals surface area contributed by atoms with E-state index in [2.05, 4.69) is 35.6 Å². The van der Waals surface area contributed by atoms with Crippen molar-refractivity contribution in [3.63, 3.8) is 0 Å². The summed E-state index contributed by atoms with van der Waals surface area (Å²) in [6.07, 6.45) is 0. The minimum Gasteiger partial charge on any atom is -0.388 e. The molecule has 0 aromatic carbocycles. The first-order valence-corrected chi connectivity index (χ1v) is 1.66. The highest BCUT2D eigenvalue weighted by Gasteiger charge is 1.75. The maximum atomic E-state index is 4.43. The zero-order valence-electron chi connectivity index (χ0n) is 2.30. The van der Waals surface area contributed by atoms with E-state index in [9.17, 15) is 0 Å². The van der Waals surface area contributed by atoms with Crippen molar-refractivity contribution in [2.75, 3.05) is 0 Å².